The Morgan fingerprint density at radius 2 is 2.14 bits per heavy atom. The van der Waals surface area contributed by atoms with Crippen LogP contribution < -0.4 is 5.32 Å². The van der Waals surface area contributed by atoms with Crippen LogP contribution in [0.2, 0.25) is 0 Å². The van der Waals surface area contributed by atoms with E-state index in [0.29, 0.717) is 0 Å². The fourth-order valence-corrected chi connectivity index (χ4v) is 1.80. The summed E-state index contributed by atoms with van der Waals surface area (Å²) < 4.78 is 1.11. The molecule has 5 nitrogen and oxygen atoms in total. The van der Waals surface area contributed by atoms with Crippen molar-refractivity contribution in [2.45, 2.75) is 19.4 Å². The van der Waals surface area contributed by atoms with Crippen molar-refractivity contribution in [2.24, 2.45) is 5.11 Å². The van der Waals surface area contributed by atoms with Crippen molar-refractivity contribution < 1.29 is 4.48 Å². The highest BCUT2D eigenvalue weighted by Gasteiger charge is 2.24. The highest BCUT2D eigenvalue weighted by Crippen LogP contribution is 2.08. The molecule has 1 heterocycles. The maximum atomic E-state index is 8.28. The van der Waals surface area contributed by atoms with E-state index in [2.05, 4.69) is 22.4 Å². The fraction of sp³-hybridized carbons (Fsp3) is 1.00. The van der Waals surface area contributed by atoms with E-state index in [1.807, 2.05) is 6.92 Å². The molecule has 0 aliphatic carbocycles. The average Bonchev–Trinajstić information content (AvgIpc) is 2.17. The number of nitrogens with zero attached hydrogens (tertiary/aromatic N) is 4. The summed E-state index contributed by atoms with van der Waals surface area (Å²) in [6.45, 7) is 7.67. The van der Waals surface area contributed by atoms with Crippen molar-refractivity contribution >= 4 is 0 Å². The molecule has 0 aromatic heterocycles. The molecule has 5 heteroatoms. The summed E-state index contributed by atoms with van der Waals surface area (Å²) in [5.41, 5.74) is 8.28. The number of nitrogens with one attached hydrogen (secondary N) is 1. The summed E-state index contributed by atoms with van der Waals surface area (Å²) in [4.78, 5) is 2.83. The van der Waals surface area contributed by atoms with Crippen molar-refractivity contribution in [1.29, 1.82) is 0 Å². The number of rotatable bonds is 4. The van der Waals surface area contributed by atoms with Crippen LogP contribution in [0.15, 0.2) is 5.11 Å². The molecule has 1 aliphatic rings. The van der Waals surface area contributed by atoms with Crippen molar-refractivity contribution in [3.05, 3.63) is 10.4 Å². The molecule has 0 bridgehead atoms. The lowest BCUT2D eigenvalue weighted by atomic mass is 10.2. The molecule has 0 aromatic carbocycles. The van der Waals surface area contributed by atoms with Gasteiger partial charge in [-0.15, -0.1) is 0 Å². The zero-order valence-electron chi connectivity index (χ0n) is 9.11. The first-order valence-corrected chi connectivity index (χ1v) is 5.25. The third-order valence-corrected chi connectivity index (χ3v) is 2.99. The molecule has 0 spiro atoms. The predicted octanol–water partition coefficient (Wildman–Crippen LogP) is 1.13. The van der Waals surface area contributed by atoms with Crippen LogP contribution in [0.25, 0.3) is 10.4 Å². The van der Waals surface area contributed by atoms with Crippen LogP contribution in [-0.4, -0.2) is 50.3 Å². The van der Waals surface area contributed by atoms with Gasteiger partial charge in [-0.05, 0) is 5.53 Å². The molecule has 0 radical (unpaired) electrons. The standard InChI is InChI=1S/C9H20N5/c1-9(12-13-10)3-6-14(2)7-4-11-5-8-14/h9,11H,3-8H2,1-2H3/q+1. The molecule has 1 aliphatic heterocycles. The lowest BCUT2D eigenvalue weighted by Crippen LogP contribution is -2.56. The molecule has 1 rings (SSSR count). The van der Waals surface area contributed by atoms with Gasteiger partial charge in [-0.25, -0.2) is 0 Å². The van der Waals surface area contributed by atoms with Gasteiger partial charge < -0.3 is 9.80 Å². The average molecular weight is 198 g/mol. The molecule has 1 atom stereocenters. The van der Waals surface area contributed by atoms with Crippen molar-refractivity contribution in [3.8, 4) is 0 Å². The van der Waals surface area contributed by atoms with Gasteiger partial charge in [0, 0.05) is 30.5 Å². The Bertz CT molecular complexity index is 215. The van der Waals surface area contributed by atoms with E-state index in [-0.39, 0.29) is 6.04 Å². The zero-order valence-corrected chi connectivity index (χ0v) is 9.11. The first-order valence-electron chi connectivity index (χ1n) is 5.25. The van der Waals surface area contributed by atoms with Gasteiger partial charge >= 0.3 is 0 Å². The third-order valence-electron chi connectivity index (χ3n) is 2.99. The minimum atomic E-state index is 0.129. The molecule has 0 amide bonds. The highest BCUT2D eigenvalue weighted by molar-refractivity contribution is 4.62. The van der Waals surface area contributed by atoms with E-state index in [1.54, 1.807) is 0 Å². The minimum absolute atomic E-state index is 0.129. The monoisotopic (exact) mass is 198 g/mol. The number of hydrogen-bond acceptors (Lipinski definition) is 2. The number of quaternary nitrogens is 1. The van der Waals surface area contributed by atoms with Crippen molar-refractivity contribution in [1.82, 2.24) is 5.32 Å². The Hall–Kier alpha value is -0.770. The van der Waals surface area contributed by atoms with Gasteiger partial charge in [-0.2, -0.15) is 0 Å². The summed E-state index contributed by atoms with van der Waals surface area (Å²) in [7, 11) is 2.28. The van der Waals surface area contributed by atoms with E-state index in [9.17, 15) is 0 Å². The summed E-state index contributed by atoms with van der Waals surface area (Å²) >= 11 is 0. The Kier molecular flexibility index (Phi) is 4.20. The predicted molar refractivity (Wildman–Crippen MR) is 56.9 cm³/mol. The van der Waals surface area contributed by atoms with Gasteiger partial charge in [0.25, 0.3) is 0 Å². The Balaban J connectivity index is 2.31. The second-order valence-electron chi connectivity index (χ2n) is 4.38. The SMILES string of the molecule is CC(CC[N+]1(C)CCNCC1)N=[N+]=[N-]. The lowest BCUT2D eigenvalue weighted by molar-refractivity contribution is -0.911. The van der Waals surface area contributed by atoms with Gasteiger partial charge in [-0.3, -0.25) is 0 Å². The summed E-state index contributed by atoms with van der Waals surface area (Å²) in [5, 5.41) is 7.05. The normalized spacial score (nSPS) is 22.4. The lowest BCUT2D eigenvalue weighted by Gasteiger charge is -2.38. The van der Waals surface area contributed by atoms with E-state index >= 15 is 0 Å². The Labute approximate surface area is 85.3 Å². The second kappa shape index (κ2) is 5.20. The summed E-state index contributed by atoms with van der Waals surface area (Å²) in [6.07, 6.45) is 0.987. The molecular formula is C9H20N5+. The summed E-state index contributed by atoms with van der Waals surface area (Å²) in [5.74, 6) is 0. The number of azide groups is 1. The van der Waals surface area contributed by atoms with Gasteiger partial charge in [-0.1, -0.05) is 12.0 Å². The van der Waals surface area contributed by atoms with Crippen LogP contribution in [0.3, 0.4) is 0 Å². The van der Waals surface area contributed by atoms with Crippen molar-refractivity contribution in [2.75, 3.05) is 39.8 Å². The summed E-state index contributed by atoms with van der Waals surface area (Å²) in [6, 6.07) is 0.129. The maximum absolute atomic E-state index is 8.28. The van der Waals surface area contributed by atoms with Crippen LogP contribution in [-0.2, 0) is 0 Å². The molecule has 0 saturated carbocycles. The van der Waals surface area contributed by atoms with Gasteiger partial charge in [0.1, 0.15) is 0 Å². The van der Waals surface area contributed by atoms with Crippen LogP contribution >= 0.6 is 0 Å². The molecule has 1 fully saturated rings. The Morgan fingerprint density at radius 3 is 2.71 bits per heavy atom. The fourth-order valence-electron chi connectivity index (χ4n) is 1.80. The second-order valence-corrected chi connectivity index (χ2v) is 4.38. The molecule has 1 saturated heterocycles. The minimum Gasteiger partial charge on any atom is -0.324 e. The molecule has 14 heavy (non-hydrogen) atoms. The van der Waals surface area contributed by atoms with Crippen LogP contribution in [0.1, 0.15) is 13.3 Å². The third kappa shape index (κ3) is 3.54. The first kappa shape index (κ1) is 11.3. The molecule has 1 N–H and O–H groups in total. The van der Waals surface area contributed by atoms with E-state index in [0.717, 1.165) is 30.5 Å². The maximum Gasteiger partial charge on any atom is 0.0911 e. The van der Waals surface area contributed by atoms with Crippen LogP contribution in [0.5, 0.6) is 0 Å². The van der Waals surface area contributed by atoms with Crippen LogP contribution in [0, 0.1) is 0 Å². The van der Waals surface area contributed by atoms with Gasteiger partial charge in [0.2, 0.25) is 0 Å². The number of likely N-dealkylation sites (N-methyl/N-ethyl adjacent to an activating group) is 1. The van der Waals surface area contributed by atoms with E-state index < -0.39 is 0 Å². The number of hydrogen-bond donors (Lipinski definition) is 1. The Morgan fingerprint density at radius 1 is 1.50 bits per heavy atom. The quantitative estimate of drug-likeness (QED) is 0.313. The zero-order chi connectivity index (χ0) is 10.4. The number of piperazine rings is 1. The van der Waals surface area contributed by atoms with Gasteiger partial charge in [0.15, 0.2) is 0 Å². The largest absolute Gasteiger partial charge is 0.324 e. The first-order chi connectivity index (χ1) is 6.66. The smallest absolute Gasteiger partial charge is 0.0911 e. The molecule has 1 unspecified atom stereocenters. The topological polar surface area (TPSA) is 60.8 Å². The molecular weight excluding hydrogens is 178 g/mol. The molecule has 0 aromatic rings. The van der Waals surface area contributed by atoms with E-state index in [1.165, 1.54) is 13.1 Å². The van der Waals surface area contributed by atoms with Crippen molar-refractivity contribution in [3.63, 3.8) is 0 Å². The molecule has 80 valence electrons. The van der Waals surface area contributed by atoms with Crippen LogP contribution in [0.4, 0.5) is 0 Å². The highest BCUT2D eigenvalue weighted by atomic mass is 15.4. The van der Waals surface area contributed by atoms with Gasteiger partial charge in [0.05, 0.1) is 26.7 Å². The van der Waals surface area contributed by atoms with E-state index in [4.69, 9.17) is 5.53 Å².